The summed E-state index contributed by atoms with van der Waals surface area (Å²) < 4.78 is 6.28. The average Bonchev–Trinajstić information content (AvgIpc) is 3.45. The highest BCUT2D eigenvalue weighted by Crippen LogP contribution is 2.40. The number of fused-ring (bicyclic) bond motifs is 1. The number of likely N-dealkylation sites (tertiary alicyclic amines) is 1. The van der Waals surface area contributed by atoms with Crippen molar-refractivity contribution in [3.8, 4) is 5.75 Å². The molecule has 0 bridgehead atoms. The van der Waals surface area contributed by atoms with Crippen LogP contribution < -0.4 is 10.1 Å². The molecule has 27 heavy (non-hydrogen) atoms. The van der Waals surface area contributed by atoms with Gasteiger partial charge in [0, 0.05) is 25.4 Å². The molecule has 1 spiro atoms. The predicted octanol–water partition coefficient (Wildman–Crippen LogP) is 2.38. The van der Waals surface area contributed by atoms with Crippen molar-refractivity contribution >= 4 is 17.6 Å². The molecule has 2 heterocycles. The number of hydrogen-bond acceptors (Lipinski definition) is 4. The SMILES string of the molecule is Cc1ccc2c(c1)C(=O)C[C@]1(CCC(=O)N([C@@H](C)C(=O)NC3CC3)CC1)O2. The fourth-order valence-corrected chi connectivity index (χ4v) is 4.04. The van der Waals surface area contributed by atoms with Crippen molar-refractivity contribution in [2.75, 3.05) is 6.54 Å². The van der Waals surface area contributed by atoms with E-state index in [1.807, 2.05) is 25.1 Å². The van der Waals surface area contributed by atoms with Crippen LogP contribution in [0.2, 0.25) is 0 Å². The van der Waals surface area contributed by atoms with Crippen LogP contribution in [0.5, 0.6) is 5.75 Å². The minimum atomic E-state index is -0.656. The average molecular weight is 370 g/mol. The van der Waals surface area contributed by atoms with Gasteiger partial charge in [-0.1, -0.05) is 11.6 Å². The van der Waals surface area contributed by atoms with Gasteiger partial charge in [-0.25, -0.2) is 0 Å². The summed E-state index contributed by atoms with van der Waals surface area (Å²) in [7, 11) is 0. The predicted molar refractivity (Wildman–Crippen MR) is 99.7 cm³/mol. The summed E-state index contributed by atoms with van der Waals surface area (Å²) in [5.41, 5.74) is 1.00. The smallest absolute Gasteiger partial charge is 0.242 e. The van der Waals surface area contributed by atoms with Crippen LogP contribution >= 0.6 is 0 Å². The van der Waals surface area contributed by atoms with Gasteiger partial charge in [0.15, 0.2) is 5.78 Å². The van der Waals surface area contributed by atoms with Crippen molar-refractivity contribution in [3.05, 3.63) is 29.3 Å². The van der Waals surface area contributed by atoms with Crippen molar-refractivity contribution in [1.29, 1.82) is 0 Å². The fraction of sp³-hybridized carbons (Fsp3) is 0.571. The molecule has 1 N–H and O–H groups in total. The third-order valence-corrected chi connectivity index (χ3v) is 5.94. The van der Waals surface area contributed by atoms with Crippen molar-refractivity contribution in [2.24, 2.45) is 0 Å². The van der Waals surface area contributed by atoms with Crippen molar-refractivity contribution < 1.29 is 19.1 Å². The minimum Gasteiger partial charge on any atom is -0.486 e. The van der Waals surface area contributed by atoms with Crippen LogP contribution in [0.25, 0.3) is 0 Å². The second kappa shape index (κ2) is 6.66. The lowest BCUT2D eigenvalue weighted by molar-refractivity contribution is -0.139. The van der Waals surface area contributed by atoms with Gasteiger partial charge in [0.1, 0.15) is 17.4 Å². The number of amides is 2. The number of ketones is 1. The van der Waals surface area contributed by atoms with Gasteiger partial charge in [-0.05, 0) is 45.2 Å². The quantitative estimate of drug-likeness (QED) is 0.886. The summed E-state index contributed by atoms with van der Waals surface area (Å²) in [5.74, 6) is 0.539. The van der Waals surface area contributed by atoms with Crippen molar-refractivity contribution in [1.82, 2.24) is 10.2 Å². The minimum absolute atomic E-state index is 0.0453. The molecule has 6 nitrogen and oxygen atoms in total. The number of ether oxygens (including phenoxy) is 1. The van der Waals surface area contributed by atoms with E-state index in [0.717, 1.165) is 18.4 Å². The van der Waals surface area contributed by atoms with Crippen LogP contribution in [-0.4, -0.2) is 46.7 Å². The number of hydrogen-bond donors (Lipinski definition) is 1. The fourth-order valence-electron chi connectivity index (χ4n) is 4.04. The molecule has 144 valence electrons. The summed E-state index contributed by atoms with van der Waals surface area (Å²) in [6, 6.07) is 5.42. The lowest BCUT2D eigenvalue weighted by Crippen LogP contribution is -2.49. The van der Waals surface area contributed by atoms with Crippen LogP contribution in [0, 0.1) is 6.92 Å². The van der Waals surface area contributed by atoms with Gasteiger partial charge in [0.25, 0.3) is 0 Å². The van der Waals surface area contributed by atoms with Gasteiger partial charge in [-0.3, -0.25) is 14.4 Å². The topological polar surface area (TPSA) is 75.7 Å². The molecule has 2 aliphatic heterocycles. The number of aryl methyl sites for hydroxylation is 1. The zero-order valence-corrected chi connectivity index (χ0v) is 15.9. The third-order valence-electron chi connectivity index (χ3n) is 5.94. The zero-order chi connectivity index (χ0) is 19.2. The molecule has 1 aromatic rings. The first-order valence-corrected chi connectivity index (χ1v) is 9.80. The summed E-state index contributed by atoms with van der Waals surface area (Å²) >= 11 is 0. The molecule has 1 aromatic carbocycles. The molecule has 3 aliphatic rings. The molecular formula is C21H26N2O4. The molecule has 2 fully saturated rings. The maximum atomic E-state index is 12.7. The summed E-state index contributed by atoms with van der Waals surface area (Å²) in [5, 5.41) is 2.97. The Morgan fingerprint density at radius 2 is 2.07 bits per heavy atom. The molecule has 0 radical (unpaired) electrons. The molecule has 1 saturated heterocycles. The molecule has 4 rings (SSSR count). The Morgan fingerprint density at radius 3 is 2.81 bits per heavy atom. The second-order valence-electron chi connectivity index (χ2n) is 8.18. The Bertz CT molecular complexity index is 801. The Balaban J connectivity index is 1.50. The number of carbonyl (C=O) groups excluding carboxylic acids is 3. The van der Waals surface area contributed by atoms with Gasteiger partial charge >= 0.3 is 0 Å². The Kier molecular flexibility index (Phi) is 4.44. The molecule has 0 unspecified atom stereocenters. The van der Waals surface area contributed by atoms with Gasteiger partial charge in [0.2, 0.25) is 11.8 Å². The number of benzene rings is 1. The number of Topliss-reactive ketones (excluding diaryl/α,β-unsaturated/α-hetero) is 1. The largest absolute Gasteiger partial charge is 0.486 e. The van der Waals surface area contributed by atoms with Crippen LogP contribution in [0.3, 0.4) is 0 Å². The van der Waals surface area contributed by atoms with Crippen LogP contribution in [0.15, 0.2) is 18.2 Å². The summed E-state index contributed by atoms with van der Waals surface area (Å²) in [6.07, 6.45) is 3.66. The van der Waals surface area contributed by atoms with E-state index >= 15 is 0 Å². The lowest BCUT2D eigenvalue weighted by Gasteiger charge is -2.37. The van der Waals surface area contributed by atoms with Gasteiger partial charge in [0.05, 0.1) is 12.0 Å². The summed E-state index contributed by atoms with van der Waals surface area (Å²) in [6.45, 7) is 4.15. The van der Waals surface area contributed by atoms with E-state index in [2.05, 4.69) is 5.32 Å². The zero-order valence-electron chi connectivity index (χ0n) is 15.9. The standard InChI is InChI=1S/C21H26N2O4/c1-13-3-6-18-16(11-13)17(24)12-21(27-18)8-7-19(25)23(10-9-21)14(2)20(26)22-15-4-5-15/h3,6,11,14-15H,4-5,7-10,12H2,1-2H3,(H,22,26)/t14-,21+/m0/s1. The highest BCUT2D eigenvalue weighted by Gasteiger charge is 2.44. The number of rotatable bonds is 3. The summed E-state index contributed by atoms with van der Waals surface area (Å²) in [4.78, 5) is 39.4. The van der Waals surface area contributed by atoms with Crippen molar-refractivity contribution in [3.63, 3.8) is 0 Å². The Morgan fingerprint density at radius 1 is 1.30 bits per heavy atom. The first-order chi connectivity index (χ1) is 12.9. The number of nitrogens with zero attached hydrogens (tertiary/aromatic N) is 1. The molecule has 2 atom stereocenters. The third kappa shape index (κ3) is 3.57. The van der Waals surface area contributed by atoms with Gasteiger partial charge < -0.3 is 15.0 Å². The highest BCUT2D eigenvalue weighted by molar-refractivity contribution is 6.00. The normalized spacial score (nSPS) is 26.2. The molecular weight excluding hydrogens is 344 g/mol. The first kappa shape index (κ1) is 18.0. The number of carbonyl (C=O) groups is 3. The van der Waals surface area contributed by atoms with Crippen molar-refractivity contribution in [2.45, 2.75) is 70.1 Å². The molecule has 0 aromatic heterocycles. The van der Waals surface area contributed by atoms with E-state index in [1.54, 1.807) is 11.8 Å². The van der Waals surface area contributed by atoms with E-state index in [-0.39, 0.29) is 36.5 Å². The van der Waals surface area contributed by atoms with Crippen LogP contribution in [0.4, 0.5) is 0 Å². The van der Waals surface area contributed by atoms with E-state index in [1.165, 1.54) is 0 Å². The first-order valence-electron chi connectivity index (χ1n) is 9.80. The maximum absolute atomic E-state index is 12.7. The number of nitrogens with one attached hydrogen (secondary N) is 1. The van der Waals surface area contributed by atoms with Crippen LogP contribution in [-0.2, 0) is 9.59 Å². The van der Waals surface area contributed by atoms with Crippen LogP contribution in [0.1, 0.15) is 61.4 Å². The Labute approximate surface area is 159 Å². The Hall–Kier alpha value is -2.37. The van der Waals surface area contributed by atoms with Gasteiger partial charge in [-0.15, -0.1) is 0 Å². The van der Waals surface area contributed by atoms with Gasteiger partial charge in [-0.2, -0.15) is 0 Å². The highest BCUT2D eigenvalue weighted by atomic mass is 16.5. The van der Waals surface area contributed by atoms with E-state index in [0.29, 0.717) is 30.7 Å². The monoisotopic (exact) mass is 370 g/mol. The molecule has 1 saturated carbocycles. The molecule has 6 heteroatoms. The van der Waals surface area contributed by atoms with E-state index in [9.17, 15) is 14.4 Å². The van der Waals surface area contributed by atoms with E-state index in [4.69, 9.17) is 4.74 Å². The maximum Gasteiger partial charge on any atom is 0.242 e. The van der Waals surface area contributed by atoms with E-state index < -0.39 is 11.6 Å². The molecule has 2 amide bonds. The molecule has 1 aliphatic carbocycles. The lowest BCUT2D eigenvalue weighted by atomic mass is 9.84. The second-order valence-corrected chi connectivity index (χ2v) is 8.18.